The van der Waals surface area contributed by atoms with Gasteiger partial charge < -0.3 is 10.0 Å². The average molecular weight is 350 g/mol. The second-order valence-electron chi connectivity index (χ2n) is 8.57. The number of hydrogen-bond donors (Lipinski definition) is 1. The molecule has 1 saturated carbocycles. The van der Waals surface area contributed by atoms with E-state index in [9.17, 15) is 9.90 Å². The van der Waals surface area contributed by atoms with Crippen LogP contribution in [-0.2, 0) is 16.8 Å². The molecule has 1 aliphatic heterocycles. The predicted octanol–water partition coefficient (Wildman–Crippen LogP) is 3.04. The number of rotatable bonds is 2. The Labute approximate surface area is 155 Å². The fraction of sp³-hybridized carbons (Fsp3) is 0.545. The maximum atomic E-state index is 12.6. The average Bonchev–Trinajstić information content (AvgIpc) is 2.58. The molecule has 26 heavy (non-hydrogen) atoms. The number of nitrogens with zero attached hydrogens (tertiary/aromatic N) is 2. The molecule has 136 valence electrons. The third kappa shape index (κ3) is 2.75. The molecule has 2 aliphatic carbocycles. The molecule has 0 amide bonds. The molecule has 1 aromatic heterocycles. The topological polar surface area (TPSA) is 53.4 Å². The molecule has 4 rings (SSSR count). The normalized spacial score (nSPS) is 22.1. The van der Waals surface area contributed by atoms with E-state index in [0.717, 1.165) is 42.9 Å². The number of aliphatic hydroxyl groups is 1. The van der Waals surface area contributed by atoms with Gasteiger partial charge in [0.25, 0.3) is 0 Å². The number of ketones is 1. The lowest BCUT2D eigenvalue weighted by molar-refractivity contribution is -0.114. The number of terminal acetylenes is 1. The molecule has 4 heteroatoms. The number of hydrogen-bond acceptors (Lipinski definition) is 4. The van der Waals surface area contributed by atoms with E-state index in [1.807, 2.05) is 12.1 Å². The smallest absolute Gasteiger partial charge is 0.177 e. The maximum Gasteiger partial charge on any atom is 0.177 e. The van der Waals surface area contributed by atoms with Crippen LogP contribution >= 0.6 is 0 Å². The van der Waals surface area contributed by atoms with Gasteiger partial charge in [-0.15, -0.1) is 6.42 Å². The van der Waals surface area contributed by atoms with Gasteiger partial charge in [0.1, 0.15) is 5.60 Å². The van der Waals surface area contributed by atoms with Crippen LogP contribution in [0.3, 0.4) is 0 Å². The molecular weight excluding hydrogens is 324 g/mol. The van der Waals surface area contributed by atoms with E-state index in [2.05, 4.69) is 10.8 Å². The fourth-order valence-electron chi connectivity index (χ4n) is 4.53. The Hall–Kier alpha value is -2.12. The second-order valence-corrected chi connectivity index (χ2v) is 8.57. The molecule has 1 saturated heterocycles. The van der Waals surface area contributed by atoms with E-state index in [-0.39, 0.29) is 12.2 Å². The van der Waals surface area contributed by atoms with Gasteiger partial charge in [-0.1, -0.05) is 18.4 Å². The number of carbonyl (C=O) groups excluding carboxylic acids is 1. The molecule has 1 aromatic rings. The Kier molecular flexibility index (Phi) is 3.96. The monoisotopic (exact) mass is 350 g/mol. The predicted molar refractivity (Wildman–Crippen MR) is 101 cm³/mol. The van der Waals surface area contributed by atoms with Crippen molar-refractivity contribution in [3.8, 4) is 12.3 Å². The summed E-state index contributed by atoms with van der Waals surface area (Å²) in [5.41, 5.74) is 3.03. The minimum absolute atomic E-state index is 0.00302. The summed E-state index contributed by atoms with van der Waals surface area (Å²) in [5, 5.41) is 10.4. The Bertz CT molecular complexity index is 825. The maximum absolute atomic E-state index is 12.6. The molecule has 0 aromatic carbocycles. The van der Waals surface area contributed by atoms with Crippen molar-refractivity contribution in [2.75, 3.05) is 13.1 Å². The van der Waals surface area contributed by atoms with Crippen LogP contribution in [0.2, 0.25) is 0 Å². The molecule has 3 aliphatic rings. The first-order valence-corrected chi connectivity index (χ1v) is 9.55. The third-order valence-corrected chi connectivity index (χ3v) is 6.40. The number of likely N-dealkylation sites (tertiary alicyclic amines) is 1. The van der Waals surface area contributed by atoms with E-state index in [0.29, 0.717) is 16.7 Å². The van der Waals surface area contributed by atoms with Crippen molar-refractivity contribution in [2.24, 2.45) is 5.41 Å². The van der Waals surface area contributed by atoms with Crippen molar-refractivity contribution in [3.63, 3.8) is 0 Å². The zero-order chi connectivity index (χ0) is 18.5. The molecule has 0 radical (unpaired) electrons. The molecule has 2 heterocycles. The van der Waals surface area contributed by atoms with Gasteiger partial charge in [-0.3, -0.25) is 4.79 Å². The Morgan fingerprint density at radius 3 is 2.46 bits per heavy atom. The van der Waals surface area contributed by atoms with E-state index >= 15 is 0 Å². The first-order valence-electron chi connectivity index (χ1n) is 9.55. The number of fused-ring (bicyclic) bond motifs is 1. The standard InChI is InChI=1S/C22H26N2O2/c1-4-16-17(25)14-15-6-7-18(21(2,3)26)23-19(15)20(16)24-12-10-22(11-13-24)8-5-9-22/h1,6-7,26H,5,8-14H2,2-3H3. The van der Waals surface area contributed by atoms with Crippen molar-refractivity contribution < 1.29 is 9.90 Å². The number of aromatic nitrogens is 1. The van der Waals surface area contributed by atoms with Gasteiger partial charge in [0.05, 0.1) is 22.7 Å². The highest BCUT2D eigenvalue weighted by Gasteiger charge is 2.41. The van der Waals surface area contributed by atoms with Gasteiger partial charge in [-0.2, -0.15) is 0 Å². The zero-order valence-electron chi connectivity index (χ0n) is 15.6. The SMILES string of the molecule is C#CC1=C(N2CCC3(CCC3)CC2)c2nc(C(C)(C)O)ccc2CC1=O. The van der Waals surface area contributed by atoms with E-state index in [1.54, 1.807) is 13.8 Å². The summed E-state index contributed by atoms with van der Waals surface area (Å²) >= 11 is 0. The van der Waals surface area contributed by atoms with Gasteiger partial charge in [0.15, 0.2) is 5.78 Å². The van der Waals surface area contributed by atoms with Crippen molar-refractivity contribution >= 4 is 11.5 Å². The summed E-state index contributed by atoms with van der Waals surface area (Å²) in [6, 6.07) is 3.72. The highest BCUT2D eigenvalue weighted by Crippen LogP contribution is 2.50. The van der Waals surface area contributed by atoms with Crippen LogP contribution in [0.5, 0.6) is 0 Å². The second kappa shape index (κ2) is 5.96. The lowest BCUT2D eigenvalue weighted by atomic mass is 9.63. The number of allylic oxidation sites excluding steroid dienone is 1. The molecule has 4 nitrogen and oxygen atoms in total. The summed E-state index contributed by atoms with van der Waals surface area (Å²) in [7, 11) is 0. The van der Waals surface area contributed by atoms with Crippen LogP contribution in [0.15, 0.2) is 17.7 Å². The molecule has 1 spiro atoms. The summed E-state index contributed by atoms with van der Waals surface area (Å²) in [6.07, 6.45) is 12.3. The van der Waals surface area contributed by atoms with Crippen molar-refractivity contribution in [2.45, 2.75) is 58.0 Å². The minimum Gasteiger partial charge on any atom is -0.384 e. The van der Waals surface area contributed by atoms with Gasteiger partial charge in [-0.25, -0.2) is 4.98 Å². The van der Waals surface area contributed by atoms with Gasteiger partial charge in [0.2, 0.25) is 0 Å². The lowest BCUT2D eigenvalue weighted by Gasteiger charge is -2.49. The van der Waals surface area contributed by atoms with Crippen LogP contribution in [0, 0.1) is 17.8 Å². The van der Waals surface area contributed by atoms with E-state index in [4.69, 9.17) is 11.4 Å². The summed E-state index contributed by atoms with van der Waals surface area (Å²) < 4.78 is 0. The van der Waals surface area contributed by atoms with Crippen LogP contribution in [0.4, 0.5) is 0 Å². The Morgan fingerprint density at radius 2 is 1.92 bits per heavy atom. The summed E-state index contributed by atoms with van der Waals surface area (Å²) in [4.78, 5) is 19.6. The first kappa shape index (κ1) is 17.3. The molecule has 2 fully saturated rings. The lowest BCUT2D eigenvalue weighted by Crippen LogP contribution is -2.44. The van der Waals surface area contributed by atoms with Crippen molar-refractivity contribution in [3.05, 3.63) is 34.7 Å². The molecular formula is C22H26N2O2. The summed E-state index contributed by atoms with van der Waals surface area (Å²) in [5.74, 6) is 2.63. The van der Waals surface area contributed by atoms with Crippen LogP contribution in [0.25, 0.3) is 5.70 Å². The molecule has 0 unspecified atom stereocenters. The van der Waals surface area contributed by atoms with E-state index < -0.39 is 5.60 Å². The highest BCUT2D eigenvalue weighted by molar-refractivity contribution is 6.09. The van der Waals surface area contributed by atoms with Gasteiger partial charge in [-0.05, 0) is 56.6 Å². The van der Waals surface area contributed by atoms with Crippen LogP contribution in [0.1, 0.15) is 62.9 Å². The Balaban J connectivity index is 1.76. The number of carbonyl (C=O) groups is 1. The van der Waals surface area contributed by atoms with Crippen molar-refractivity contribution in [1.29, 1.82) is 0 Å². The minimum atomic E-state index is -1.03. The highest BCUT2D eigenvalue weighted by atomic mass is 16.3. The molecule has 1 N–H and O–H groups in total. The van der Waals surface area contributed by atoms with Gasteiger partial charge >= 0.3 is 0 Å². The van der Waals surface area contributed by atoms with E-state index in [1.165, 1.54) is 19.3 Å². The van der Waals surface area contributed by atoms with Crippen LogP contribution < -0.4 is 0 Å². The third-order valence-electron chi connectivity index (χ3n) is 6.40. The quantitative estimate of drug-likeness (QED) is 0.833. The first-order chi connectivity index (χ1) is 12.3. The number of pyridine rings is 1. The largest absolute Gasteiger partial charge is 0.384 e. The number of piperidine rings is 1. The zero-order valence-corrected chi connectivity index (χ0v) is 15.6. The van der Waals surface area contributed by atoms with Crippen LogP contribution in [-0.4, -0.2) is 33.9 Å². The fourth-order valence-corrected chi connectivity index (χ4v) is 4.53. The van der Waals surface area contributed by atoms with Gasteiger partial charge in [0, 0.05) is 19.5 Å². The Morgan fingerprint density at radius 1 is 1.23 bits per heavy atom. The molecule has 0 bridgehead atoms. The number of Topliss-reactive ketones (excluding diaryl/α,β-unsaturated/α-hetero) is 1. The molecule has 0 atom stereocenters. The van der Waals surface area contributed by atoms with Crippen molar-refractivity contribution in [1.82, 2.24) is 9.88 Å². The summed E-state index contributed by atoms with van der Waals surface area (Å²) in [6.45, 7) is 5.29.